The molecule has 0 fully saturated rings. The molecule has 1 aromatic carbocycles. The summed E-state index contributed by atoms with van der Waals surface area (Å²) in [5, 5.41) is 13.2. The van der Waals surface area contributed by atoms with Crippen molar-refractivity contribution in [1.29, 1.82) is 5.26 Å². The van der Waals surface area contributed by atoms with E-state index < -0.39 is 0 Å². The van der Waals surface area contributed by atoms with Crippen LogP contribution in [0.15, 0.2) is 30.6 Å². The molecule has 0 saturated heterocycles. The van der Waals surface area contributed by atoms with Gasteiger partial charge >= 0.3 is 0 Å². The Morgan fingerprint density at radius 2 is 2.28 bits per heavy atom. The Balaban J connectivity index is 2.22. The van der Waals surface area contributed by atoms with Crippen molar-refractivity contribution in [3.8, 4) is 17.6 Å². The molecule has 1 heterocycles. The molecule has 1 aromatic heterocycles. The Morgan fingerprint density at radius 1 is 1.44 bits per heavy atom. The molecule has 0 N–H and O–H groups in total. The summed E-state index contributed by atoms with van der Waals surface area (Å²) in [5.41, 5.74) is 1.59. The van der Waals surface area contributed by atoms with Gasteiger partial charge in [-0.1, -0.05) is 13.0 Å². The van der Waals surface area contributed by atoms with Gasteiger partial charge in [-0.15, -0.1) is 0 Å². The predicted molar refractivity (Wildman–Crippen MR) is 68.5 cm³/mol. The molecule has 2 aromatic rings. The normalized spacial score (nSPS) is 10.1. The Hall–Kier alpha value is -2.28. The smallest absolute Gasteiger partial charge is 0.165 e. The molecule has 2 rings (SSSR count). The zero-order valence-electron chi connectivity index (χ0n) is 10.6. The number of rotatable bonds is 4. The predicted octanol–water partition coefficient (Wildman–Crippen LogP) is 3.27. The second kappa shape index (κ2) is 5.37. The van der Waals surface area contributed by atoms with E-state index >= 15 is 0 Å². The molecule has 0 bridgehead atoms. The van der Waals surface area contributed by atoms with Crippen molar-refractivity contribution in [2.75, 3.05) is 0 Å². The highest BCUT2D eigenvalue weighted by molar-refractivity contribution is 5.46. The van der Waals surface area contributed by atoms with E-state index in [-0.39, 0.29) is 0 Å². The van der Waals surface area contributed by atoms with E-state index in [0.29, 0.717) is 17.1 Å². The first-order chi connectivity index (χ1) is 8.72. The van der Waals surface area contributed by atoms with Crippen LogP contribution in [-0.4, -0.2) is 9.78 Å². The lowest BCUT2D eigenvalue weighted by atomic mass is 10.1. The summed E-state index contributed by atoms with van der Waals surface area (Å²) in [6.45, 7) is 4.92. The fourth-order valence-electron chi connectivity index (χ4n) is 1.68. The first-order valence-electron chi connectivity index (χ1n) is 5.94. The van der Waals surface area contributed by atoms with Crippen molar-refractivity contribution in [2.45, 2.75) is 26.8 Å². The van der Waals surface area contributed by atoms with E-state index in [2.05, 4.69) is 18.1 Å². The summed E-state index contributed by atoms with van der Waals surface area (Å²) < 4.78 is 7.53. The first kappa shape index (κ1) is 12.2. The van der Waals surface area contributed by atoms with Crippen molar-refractivity contribution < 1.29 is 4.74 Å². The molecule has 0 radical (unpaired) electrons. The average Bonchev–Trinajstić information content (AvgIpc) is 2.77. The zero-order chi connectivity index (χ0) is 13.0. The number of hydrogen-bond acceptors (Lipinski definition) is 3. The van der Waals surface area contributed by atoms with Crippen molar-refractivity contribution in [3.05, 3.63) is 41.7 Å². The molecule has 18 heavy (non-hydrogen) atoms. The monoisotopic (exact) mass is 241 g/mol. The van der Waals surface area contributed by atoms with Gasteiger partial charge in [0.25, 0.3) is 0 Å². The second-order valence-electron chi connectivity index (χ2n) is 4.15. The Kier molecular flexibility index (Phi) is 3.63. The molecule has 0 atom stereocenters. The Bertz CT molecular complexity index is 581. The molecule has 0 aliphatic rings. The number of aryl methyl sites for hydroxylation is 2. The molecule has 0 aliphatic heterocycles. The number of benzene rings is 1. The third-order valence-electron chi connectivity index (χ3n) is 2.55. The van der Waals surface area contributed by atoms with Crippen LogP contribution in [0.2, 0.25) is 0 Å². The van der Waals surface area contributed by atoms with Crippen LogP contribution in [0.5, 0.6) is 11.5 Å². The van der Waals surface area contributed by atoms with E-state index in [0.717, 1.165) is 18.5 Å². The van der Waals surface area contributed by atoms with Gasteiger partial charge in [0.15, 0.2) is 5.75 Å². The molecule has 0 aliphatic carbocycles. The topological polar surface area (TPSA) is 50.8 Å². The van der Waals surface area contributed by atoms with Gasteiger partial charge < -0.3 is 4.74 Å². The SMILES string of the molecule is CCCn1cc(Oc2cc(C)ccc2C#N)cn1. The van der Waals surface area contributed by atoms with Gasteiger partial charge in [0.05, 0.1) is 18.0 Å². The van der Waals surface area contributed by atoms with Crippen LogP contribution in [0.25, 0.3) is 0 Å². The zero-order valence-corrected chi connectivity index (χ0v) is 10.6. The van der Waals surface area contributed by atoms with Crippen LogP contribution in [-0.2, 0) is 6.54 Å². The second-order valence-corrected chi connectivity index (χ2v) is 4.15. The van der Waals surface area contributed by atoms with Gasteiger partial charge in [-0.3, -0.25) is 4.68 Å². The molecule has 0 saturated carbocycles. The number of nitriles is 1. The van der Waals surface area contributed by atoms with Gasteiger partial charge in [-0.05, 0) is 31.0 Å². The maximum atomic E-state index is 9.03. The third-order valence-corrected chi connectivity index (χ3v) is 2.55. The van der Waals surface area contributed by atoms with Crippen molar-refractivity contribution in [1.82, 2.24) is 9.78 Å². The number of aromatic nitrogens is 2. The van der Waals surface area contributed by atoms with E-state index in [1.807, 2.05) is 29.9 Å². The lowest BCUT2D eigenvalue weighted by Gasteiger charge is -2.05. The van der Waals surface area contributed by atoms with E-state index in [1.165, 1.54) is 0 Å². The van der Waals surface area contributed by atoms with Gasteiger partial charge in [-0.2, -0.15) is 10.4 Å². The number of hydrogen-bond donors (Lipinski definition) is 0. The highest BCUT2D eigenvalue weighted by atomic mass is 16.5. The summed E-state index contributed by atoms with van der Waals surface area (Å²) in [4.78, 5) is 0. The van der Waals surface area contributed by atoms with Crippen LogP contribution in [0.1, 0.15) is 24.5 Å². The lowest BCUT2D eigenvalue weighted by Crippen LogP contribution is -1.95. The lowest BCUT2D eigenvalue weighted by molar-refractivity contribution is 0.478. The van der Waals surface area contributed by atoms with Crippen LogP contribution < -0.4 is 4.74 Å². The molecule has 92 valence electrons. The quantitative estimate of drug-likeness (QED) is 0.825. The summed E-state index contributed by atoms with van der Waals surface area (Å²) in [6.07, 6.45) is 4.53. The Labute approximate surface area is 106 Å². The van der Waals surface area contributed by atoms with Crippen LogP contribution in [0.3, 0.4) is 0 Å². The minimum Gasteiger partial charge on any atom is -0.453 e. The van der Waals surface area contributed by atoms with Crippen LogP contribution in [0.4, 0.5) is 0 Å². The van der Waals surface area contributed by atoms with E-state index in [9.17, 15) is 0 Å². The van der Waals surface area contributed by atoms with Gasteiger partial charge in [0.1, 0.15) is 11.8 Å². The van der Waals surface area contributed by atoms with E-state index in [4.69, 9.17) is 10.00 Å². The number of ether oxygens (including phenoxy) is 1. The maximum Gasteiger partial charge on any atom is 0.165 e. The summed E-state index contributed by atoms with van der Waals surface area (Å²) in [5.74, 6) is 1.24. The van der Waals surface area contributed by atoms with Crippen molar-refractivity contribution in [2.24, 2.45) is 0 Å². The highest BCUT2D eigenvalue weighted by Gasteiger charge is 2.06. The average molecular weight is 241 g/mol. The number of nitrogens with zero attached hydrogens (tertiary/aromatic N) is 3. The summed E-state index contributed by atoms with van der Waals surface area (Å²) in [6, 6.07) is 7.64. The largest absolute Gasteiger partial charge is 0.453 e. The maximum absolute atomic E-state index is 9.03. The highest BCUT2D eigenvalue weighted by Crippen LogP contribution is 2.25. The van der Waals surface area contributed by atoms with Crippen molar-refractivity contribution >= 4 is 0 Å². The fraction of sp³-hybridized carbons (Fsp3) is 0.286. The molecule has 0 spiro atoms. The minimum absolute atomic E-state index is 0.531. The minimum atomic E-state index is 0.531. The van der Waals surface area contributed by atoms with E-state index in [1.54, 1.807) is 12.3 Å². The molecule has 4 nitrogen and oxygen atoms in total. The standard InChI is InChI=1S/C14H15N3O/c1-3-6-17-10-13(9-16-17)18-14-7-11(2)4-5-12(14)8-15/h4-5,7,9-10H,3,6H2,1-2H3. The third kappa shape index (κ3) is 2.69. The van der Waals surface area contributed by atoms with Gasteiger partial charge in [-0.25, -0.2) is 0 Å². The van der Waals surface area contributed by atoms with Gasteiger partial charge in [0.2, 0.25) is 0 Å². The molecule has 4 heteroatoms. The van der Waals surface area contributed by atoms with Gasteiger partial charge in [0, 0.05) is 6.54 Å². The first-order valence-corrected chi connectivity index (χ1v) is 5.94. The van der Waals surface area contributed by atoms with Crippen molar-refractivity contribution in [3.63, 3.8) is 0 Å². The van der Waals surface area contributed by atoms with Crippen LogP contribution in [0, 0.1) is 18.3 Å². The Morgan fingerprint density at radius 3 is 3.00 bits per heavy atom. The summed E-state index contributed by atoms with van der Waals surface area (Å²) >= 11 is 0. The summed E-state index contributed by atoms with van der Waals surface area (Å²) in [7, 11) is 0. The molecule has 0 unspecified atom stereocenters. The van der Waals surface area contributed by atoms with Crippen LogP contribution >= 0.6 is 0 Å². The molecular weight excluding hydrogens is 226 g/mol. The molecule has 0 amide bonds. The fourth-order valence-corrected chi connectivity index (χ4v) is 1.68. The molecular formula is C14H15N3O.